The van der Waals surface area contributed by atoms with E-state index in [9.17, 15) is 4.79 Å². The molecule has 24 heavy (non-hydrogen) atoms. The third kappa shape index (κ3) is 3.07. The zero-order valence-corrected chi connectivity index (χ0v) is 14.6. The highest BCUT2D eigenvalue weighted by molar-refractivity contribution is 5.93. The van der Waals surface area contributed by atoms with E-state index < -0.39 is 0 Å². The van der Waals surface area contributed by atoms with E-state index in [2.05, 4.69) is 60.1 Å². The van der Waals surface area contributed by atoms with Gasteiger partial charge < -0.3 is 9.88 Å². The number of rotatable bonds is 5. The Morgan fingerprint density at radius 2 is 1.67 bits per heavy atom. The average Bonchev–Trinajstić information content (AvgIpc) is 2.90. The van der Waals surface area contributed by atoms with Gasteiger partial charge in [-0.25, -0.2) is 0 Å². The van der Waals surface area contributed by atoms with E-state index in [1.165, 1.54) is 16.5 Å². The minimum absolute atomic E-state index is 0.0232. The Balaban J connectivity index is 1.87. The predicted molar refractivity (Wildman–Crippen MR) is 101 cm³/mol. The molecule has 3 nitrogen and oxygen atoms in total. The molecule has 0 saturated carbocycles. The van der Waals surface area contributed by atoms with Crippen LogP contribution >= 0.6 is 0 Å². The van der Waals surface area contributed by atoms with Crippen molar-refractivity contribution in [2.24, 2.45) is 0 Å². The van der Waals surface area contributed by atoms with Crippen LogP contribution in [0.4, 0.5) is 5.69 Å². The Hall–Kier alpha value is -2.55. The molecule has 0 fully saturated rings. The van der Waals surface area contributed by atoms with E-state index in [0.717, 1.165) is 29.7 Å². The number of nitrogens with zero attached hydrogens (tertiary/aromatic N) is 1. The molecule has 1 aromatic heterocycles. The fraction of sp³-hybridized carbons (Fsp3) is 0.286. The number of carbonyl (C=O) groups excluding carboxylic acids is 1. The van der Waals surface area contributed by atoms with Gasteiger partial charge in [0.2, 0.25) is 5.91 Å². The van der Waals surface area contributed by atoms with Crippen LogP contribution in [0.5, 0.6) is 0 Å². The van der Waals surface area contributed by atoms with E-state index in [4.69, 9.17) is 0 Å². The van der Waals surface area contributed by atoms with Gasteiger partial charge in [0.1, 0.15) is 6.54 Å². The standard InChI is InChI=1S/C21H24N2O/c1-4-16-10-8-11-17(5-2)21(16)22-20(24)14-23-15(3)13-18-9-6-7-12-19(18)23/h6-13H,4-5,14H2,1-3H3,(H,22,24). The maximum Gasteiger partial charge on any atom is 0.244 e. The van der Waals surface area contributed by atoms with Crippen LogP contribution in [0.1, 0.15) is 30.7 Å². The molecule has 3 heteroatoms. The van der Waals surface area contributed by atoms with Crippen molar-refractivity contribution >= 4 is 22.5 Å². The number of hydrogen-bond acceptors (Lipinski definition) is 1. The number of carbonyl (C=O) groups is 1. The lowest BCUT2D eigenvalue weighted by atomic mass is 10.0. The van der Waals surface area contributed by atoms with Crippen LogP contribution in [0.25, 0.3) is 10.9 Å². The van der Waals surface area contributed by atoms with Crippen LogP contribution in [0.15, 0.2) is 48.5 Å². The highest BCUT2D eigenvalue weighted by Gasteiger charge is 2.13. The largest absolute Gasteiger partial charge is 0.335 e. The van der Waals surface area contributed by atoms with Gasteiger partial charge in [-0.2, -0.15) is 0 Å². The molecule has 0 saturated heterocycles. The van der Waals surface area contributed by atoms with Crippen molar-refractivity contribution in [3.8, 4) is 0 Å². The highest BCUT2D eigenvalue weighted by Crippen LogP contribution is 2.23. The quantitative estimate of drug-likeness (QED) is 0.725. The molecule has 3 aromatic rings. The summed E-state index contributed by atoms with van der Waals surface area (Å²) in [5.41, 5.74) is 5.57. The first kappa shape index (κ1) is 16.3. The van der Waals surface area contributed by atoms with Gasteiger partial charge in [-0.05, 0) is 48.4 Å². The first-order valence-electron chi connectivity index (χ1n) is 8.59. The van der Waals surface area contributed by atoms with Crippen molar-refractivity contribution in [1.29, 1.82) is 0 Å². The molecular formula is C21H24N2O. The molecule has 0 aliphatic carbocycles. The van der Waals surface area contributed by atoms with Gasteiger partial charge in [-0.15, -0.1) is 0 Å². The van der Waals surface area contributed by atoms with Crippen molar-refractivity contribution in [1.82, 2.24) is 4.57 Å². The first-order valence-corrected chi connectivity index (χ1v) is 8.59. The summed E-state index contributed by atoms with van der Waals surface area (Å²) in [6, 6.07) is 16.5. The van der Waals surface area contributed by atoms with E-state index in [1.54, 1.807) is 0 Å². The van der Waals surface area contributed by atoms with Gasteiger partial charge in [0, 0.05) is 16.9 Å². The van der Waals surface area contributed by atoms with Gasteiger partial charge in [-0.1, -0.05) is 50.2 Å². The second-order valence-corrected chi connectivity index (χ2v) is 6.14. The maximum atomic E-state index is 12.7. The molecule has 0 radical (unpaired) electrons. The summed E-state index contributed by atoms with van der Waals surface area (Å²) in [7, 11) is 0. The second kappa shape index (κ2) is 6.91. The minimum Gasteiger partial charge on any atom is -0.335 e. The molecule has 0 spiro atoms. The lowest BCUT2D eigenvalue weighted by Gasteiger charge is -2.15. The van der Waals surface area contributed by atoms with Crippen molar-refractivity contribution in [3.63, 3.8) is 0 Å². The topological polar surface area (TPSA) is 34.0 Å². The summed E-state index contributed by atoms with van der Waals surface area (Å²) >= 11 is 0. The van der Waals surface area contributed by atoms with Gasteiger partial charge in [0.25, 0.3) is 0 Å². The summed E-state index contributed by atoms with van der Waals surface area (Å²) in [4.78, 5) is 12.7. The Morgan fingerprint density at radius 3 is 2.33 bits per heavy atom. The molecule has 1 amide bonds. The predicted octanol–water partition coefficient (Wildman–Crippen LogP) is 4.71. The monoisotopic (exact) mass is 320 g/mol. The van der Waals surface area contributed by atoms with E-state index >= 15 is 0 Å². The summed E-state index contributed by atoms with van der Waals surface area (Å²) in [6.07, 6.45) is 1.82. The summed E-state index contributed by atoms with van der Waals surface area (Å²) in [5.74, 6) is 0.0232. The third-order valence-corrected chi connectivity index (χ3v) is 4.58. The fourth-order valence-corrected chi connectivity index (χ4v) is 3.28. The van der Waals surface area contributed by atoms with Crippen LogP contribution < -0.4 is 5.32 Å². The molecule has 0 unspecified atom stereocenters. The number of aryl methyl sites for hydroxylation is 3. The van der Waals surface area contributed by atoms with Crippen LogP contribution in [0.2, 0.25) is 0 Å². The molecular weight excluding hydrogens is 296 g/mol. The molecule has 2 aromatic carbocycles. The normalized spacial score (nSPS) is 11.0. The van der Waals surface area contributed by atoms with Crippen LogP contribution in [0, 0.1) is 6.92 Å². The fourth-order valence-electron chi connectivity index (χ4n) is 3.28. The number of nitrogens with one attached hydrogen (secondary N) is 1. The first-order chi connectivity index (χ1) is 11.6. The van der Waals surface area contributed by atoms with Crippen LogP contribution in [-0.4, -0.2) is 10.5 Å². The van der Waals surface area contributed by atoms with E-state index in [0.29, 0.717) is 6.54 Å². The van der Waals surface area contributed by atoms with Crippen LogP contribution in [0.3, 0.4) is 0 Å². The smallest absolute Gasteiger partial charge is 0.244 e. The number of para-hydroxylation sites is 2. The second-order valence-electron chi connectivity index (χ2n) is 6.14. The van der Waals surface area contributed by atoms with Crippen molar-refractivity contribution in [2.45, 2.75) is 40.2 Å². The maximum absolute atomic E-state index is 12.7. The number of hydrogen-bond donors (Lipinski definition) is 1. The van der Waals surface area contributed by atoms with E-state index in [-0.39, 0.29) is 5.91 Å². The Morgan fingerprint density at radius 1 is 1.00 bits per heavy atom. The van der Waals surface area contributed by atoms with E-state index in [1.807, 2.05) is 19.1 Å². The molecule has 124 valence electrons. The van der Waals surface area contributed by atoms with Crippen molar-refractivity contribution in [2.75, 3.05) is 5.32 Å². The molecule has 0 atom stereocenters. The zero-order chi connectivity index (χ0) is 17.1. The number of anilines is 1. The number of amides is 1. The van der Waals surface area contributed by atoms with Gasteiger partial charge in [0.05, 0.1) is 0 Å². The minimum atomic E-state index is 0.0232. The lowest BCUT2D eigenvalue weighted by molar-refractivity contribution is -0.116. The number of fused-ring (bicyclic) bond motifs is 1. The third-order valence-electron chi connectivity index (χ3n) is 4.58. The number of aromatic nitrogens is 1. The SMILES string of the molecule is CCc1cccc(CC)c1NC(=O)Cn1c(C)cc2ccccc21. The van der Waals surface area contributed by atoms with Crippen molar-refractivity contribution in [3.05, 3.63) is 65.4 Å². The molecule has 1 N–H and O–H groups in total. The Bertz CT molecular complexity index is 854. The summed E-state index contributed by atoms with van der Waals surface area (Å²) in [6.45, 7) is 6.62. The summed E-state index contributed by atoms with van der Waals surface area (Å²) < 4.78 is 2.07. The Kier molecular flexibility index (Phi) is 4.70. The van der Waals surface area contributed by atoms with Gasteiger partial charge in [-0.3, -0.25) is 4.79 Å². The molecule has 0 aliphatic heterocycles. The molecule has 1 heterocycles. The highest BCUT2D eigenvalue weighted by atomic mass is 16.1. The molecule has 0 bridgehead atoms. The zero-order valence-electron chi connectivity index (χ0n) is 14.6. The Labute approximate surface area is 143 Å². The van der Waals surface area contributed by atoms with Gasteiger partial charge >= 0.3 is 0 Å². The molecule has 0 aliphatic rings. The summed E-state index contributed by atoms with van der Waals surface area (Å²) in [5, 5.41) is 4.32. The molecule has 3 rings (SSSR count). The lowest BCUT2D eigenvalue weighted by Crippen LogP contribution is -2.21. The average molecular weight is 320 g/mol. The van der Waals surface area contributed by atoms with Crippen LogP contribution in [-0.2, 0) is 24.2 Å². The van der Waals surface area contributed by atoms with Gasteiger partial charge in [0.15, 0.2) is 0 Å². The number of benzene rings is 2. The van der Waals surface area contributed by atoms with Crippen molar-refractivity contribution < 1.29 is 4.79 Å².